The van der Waals surface area contributed by atoms with Crippen LogP contribution in [-0.2, 0) is 0 Å². The van der Waals surface area contributed by atoms with Crippen LogP contribution in [-0.4, -0.2) is 28.9 Å². The Balaban J connectivity index is 2.12. The number of hydrogen-bond donors (Lipinski definition) is 2. The van der Waals surface area contributed by atoms with Crippen molar-refractivity contribution in [1.82, 2.24) is 9.88 Å². The molecule has 0 aliphatic heterocycles. The highest BCUT2D eigenvalue weighted by Gasteiger charge is 2.27. The van der Waals surface area contributed by atoms with E-state index in [-0.39, 0.29) is 5.91 Å². The first-order valence-corrected chi connectivity index (χ1v) is 6.95. The molecule has 19 heavy (non-hydrogen) atoms. The number of nitrogens with two attached hydrogens (primary N) is 1. The molecular formula is C13H19ClN4O. The maximum Gasteiger partial charge on any atom is 0.255 e. The number of halogens is 1. The lowest BCUT2D eigenvalue weighted by molar-refractivity contribution is 0.0747. The second kappa shape index (κ2) is 6.21. The largest absolute Gasteiger partial charge is 0.338 e. The van der Waals surface area contributed by atoms with E-state index in [0.717, 1.165) is 19.5 Å². The summed E-state index contributed by atoms with van der Waals surface area (Å²) in [5.74, 6) is 6.31. The van der Waals surface area contributed by atoms with Gasteiger partial charge < -0.3 is 10.3 Å². The number of amides is 1. The first-order valence-electron chi connectivity index (χ1n) is 6.57. The molecule has 5 nitrogen and oxygen atoms in total. The Bertz CT molecular complexity index is 462. The van der Waals surface area contributed by atoms with Crippen molar-refractivity contribution < 1.29 is 4.79 Å². The molecule has 0 bridgehead atoms. The van der Waals surface area contributed by atoms with Gasteiger partial charge in [-0.15, -0.1) is 0 Å². The third-order valence-corrected chi connectivity index (χ3v) is 3.47. The predicted octanol–water partition coefficient (Wildman–Crippen LogP) is 2.28. The quantitative estimate of drug-likeness (QED) is 0.620. The van der Waals surface area contributed by atoms with E-state index in [4.69, 9.17) is 17.4 Å². The number of aromatic nitrogens is 1. The summed E-state index contributed by atoms with van der Waals surface area (Å²) in [6, 6.07) is 1.61. The highest BCUT2D eigenvalue weighted by Crippen LogP contribution is 2.30. The number of anilines is 1. The molecule has 1 heterocycles. The van der Waals surface area contributed by atoms with E-state index < -0.39 is 0 Å². The van der Waals surface area contributed by atoms with Crippen molar-refractivity contribution in [3.8, 4) is 0 Å². The number of nitrogens with zero attached hydrogens (tertiary/aromatic N) is 2. The van der Waals surface area contributed by atoms with Crippen molar-refractivity contribution in [2.24, 2.45) is 11.8 Å². The number of rotatable bonds is 6. The standard InChI is InChI=1S/C13H19ClN4O/c1-2-5-18(8-9-3-4-9)13(19)10-6-11(14)12(17-15)16-7-10/h6-7,9H,2-5,8,15H2,1H3,(H,16,17). The number of nitrogens with one attached hydrogen (secondary N) is 1. The van der Waals surface area contributed by atoms with E-state index >= 15 is 0 Å². The van der Waals surface area contributed by atoms with Gasteiger partial charge in [-0.3, -0.25) is 4.79 Å². The van der Waals surface area contributed by atoms with Crippen LogP contribution in [0, 0.1) is 5.92 Å². The number of pyridine rings is 1. The molecule has 104 valence electrons. The molecule has 0 unspecified atom stereocenters. The van der Waals surface area contributed by atoms with Crippen LogP contribution in [0.1, 0.15) is 36.5 Å². The minimum atomic E-state index is -0.00767. The molecule has 2 rings (SSSR count). The smallest absolute Gasteiger partial charge is 0.255 e. The third kappa shape index (κ3) is 3.58. The Hall–Kier alpha value is -1.33. The first kappa shape index (κ1) is 14.1. The lowest BCUT2D eigenvalue weighted by Gasteiger charge is -2.22. The maximum absolute atomic E-state index is 12.4. The van der Waals surface area contributed by atoms with Gasteiger partial charge >= 0.3 is 0 Å². The highest BCUT2D eigenvalue weighted by atomic mass is 35.5. The molecule has 1 amide bonds. The number of nitrogen functional groups attached to an aromatic ring is 1. The van der Waals surface area contributed by atoms with Gasteiger partial charge in [-0.25, -0.2) is 10.8 Å². The fraction of sp³-hybridized carbons (Fsp3) is 0.538. The van der Waals surface area contributed by atoms with Crippen LogP contribution >= 0.6 is 11.6 Å². The summed E-state index contributed by atoms with van der Waals surface area (Å²) >= 11 is 6.00. The summed E-state index contributed by atoms with van der Waals surface area (Å²) < 4.78 is 0. The molecular weight excluding hydrogens is 264 g/mol. The summed E-state index contributed by atoms with van der Waals surface area (Å²) in [5, 5.41) is 0.358. The van der Waals surface area contributed by atoms with Crippen LogP contribution in [0.5, 0.6) is 0 Å². The summed E-state index contributed by atoms with van der Waals surface area (Å²) in [6.45, 7) is 3.67. The Labute approximate surface area is 118 Å². The van der Waals surface area contributed by atoms with Gasteiger partial charge in [-0.1, -0.05) is 18.5 Å². The van der Waals surface area contributed by atoms with Gasteiger partial charge in [0.25, 0.3) is 5.91 Å². The van der Waals surface area contributed by atoms with Crippen LogP contribution < -0.4 is 11.3 Å². The van der Waals surface area contributed by atoms with Gasteiger partial charge in [0, 0.05) is 19.3 Å². The van der Waals surface area contributed by atoms with Crippen molar-refractivity contribution in [3.05, 3.63) is 22.8 Å². The molecule has 0 saturated heterocycles. The van der Waals surface area contributed by atoms with Crippen molar-refractivity contribution in [1.29, 1.82) is 0 Å². The molecule has 1 aromatic rings. The van der Waals surface area contributed by atoms with E-state index in [1.807, 2.05) is 4.90 Å². The Morgan fingerprint density at radius 2 is 2.37 bits per heavy atom. The average Bonchev–Trinajstić information content (AvgIpc) is 3.21. The topological polar surface area (TPSA) is 71.2 Å². The van der Waals surface area contributed by atoms with E-state index in [1.165, 1.54) is 19.0 Å². The van der Waals surface area contributed by atoms with Gasteiger partial charge in [-0.05, 0) is 31.2 Å². The Morgan fingerprint density at radius 3 is 2.89 bits per heavy atom. The van der Waals surface area contributed by atoms with Crippen molar-refractivity contribution in [2.75, 3.05) is 18.5 Å². The molecule has 1 fully saturated rings. The second-order valence-corrected chi connectivity index (χ2v) is 5.30. The monoisotopic (exact) mass is 282 g/mol. The van der Waals surface area contributed by atoms with Gasteiger partial charge in [0.15, 0.2) is 5.82 Å². The minimum absolute atomic E-state index is 0.00767. The number of hydrazine groups is 1. The normalized spacial score (nSPS) is 14.3. The molecule has 0 atom stereocenters. The van der Waals surface area contributed by atoms with E-state index in [9.17, 15) is 4.79 Å². The zero-order chi connectivity index (χ0) is 13.8. The van der Waals surface area contributed by atoms with Crippen molar-refractivity contribution >= 4 is 23.3 Å². The molecule has 1 saturated carbocycles. The SMILES string of the molecule is CCCN(CC1CC1)C(=O)c1cnc(NN)c(Cl)c1. The van der Waals surface area contributed by atoms with Crippen LogP contribution in [0.3, 0.4) is 0 Å². The summed E-state index contributed by atoms with van der Waals surface area (Å²) in [6.07, 6.45) is 4.91. The molecule has 0 radical (unpaired) electrons. The Morgan fingerprint density at radius 1 is 1.63 bits per heavy atom. The van der Waals surface area contributed by atoms with Gasteiger partial charge in [0.2, 0.25) is 0 Å². The van der Waals surface area contributed by atoms with Crippen LogP contribution in [0.25, 0.3) is 0 Å². The Kier molecular flexibility index (Phi) is 4.61. The van der Waals surface area contributed by atoms with Crippen molar-refractivity contribution in [2.45, 2.75) is 26.2 Å². The summed E-state index contributed by atoms with van der Waals surface area (Å²) in [4.78, 5) is 18.4. The molecule has 0 spiro atoms. The van der Waals surface area contributed by atoms with Gasteiger partial charge in [-0.2, -0.15) is 0 Å². The van der Waals surface area contributed by atoms with E-state index in [0.29, 0.717) is 22.3 Å². The fourth-order valence-electron chi connectivity index (χ4n) is 2.00. The lowest BCUT2D eigenvalue weighted by Crippen LogP contribution is -2.33. The molecule has 6 heteroatoms. The van der Waals surface area contributed by atoms with Crippen LogP contribution in [0.2, 0.25) is 5.02 Å². The molecule has 1 aromatic heterocycles. The van der Waals surface area contributed by atoms with E-state index in [2.05, 4.69) is 17.3 Å². The van der Waals surface area contributed by atoms with E-state index in [1.54, 1.807) is 6.07 Å². The fourth-order valence-corrected chi connectivity index (χ4v) is 2.22. The molecule has 1 aliphatic rings. The number of carbonyl (C=O) groups is 1. The summed E-state index contributed by atoms with van der Waals surface area (Å²) in [7, 11) is 0. The maximum atomic E-state index is 12.4. The number of hydrogen-bond acceptors (Lipinski definition) is 4. The molecule has 3 N–H and O–H groups in total. The zero-order valence-electron chi connectivity index (χ0n) is 11.0. The molecule has 0 aromatic carbocycles. The average molecular weight is 283 g/mol. The third-order valence-electron chi connectivity index (χ3n) is 3.18. The number of carbonyl (C=O) groups excluding carboxylic acids is 1. The first-order chi connectivity index (χ1) is 9.15. The zero-order valence-corrected chi connectivity index (χ0v) is 11.8. The van der Waals surface area contributed by atoms with Gasteiger partial charge in [0.05, 0.1) is 10.6 Å². The lowest BCUT2D eigenvalue weighted by atomic mass is 10.2. The van der Waals surface area contributed by atoms with Crippen LogP contribution in [0.15, 0.2) is 12.3 Å². The highest BCUT2D eigenvalue weighted by molar-refractivity contribution is 6.33. The van der Waals surface area contributed by atoms with Crippen molar-refractivity contribution in [3.63, 3.8) is 0 Å². The molecule has 1 aliphatic carbocycles. The predicted molar refractivity (Wildman–Crippen MR) is 76.0 cm³/mol. The van der Waals surface area contributed by atoms with Gasteiger partial charge in [0.1, 0.15) is 0 Å². The summed E-state index contributed by atoms with van der Waals surface area (Å²) in [5.41, 5.74) is 2.90. The second-order valence-electron chi connectivity index (χ2n) is 4.89. The van der Waals surface area contributed by atoms with Crippen LogP contribution in [0.4, 0.5) is 5.82 Å². The minimum Gasteiger partial charge on any atom is -0.338 e.